The van der Waals surface area contributed by atoms with Crippen molar-refractivity contribution >= 4 is 112 Å². The fraction of sp³-hybridized carbons (Fsp3) is 0.534. The predicted molar refractivity (Wildman–Crippen MR) is 410 cm³/mol. The Balaban J connectivity index is 1.24. The van der Waals surface area contributed by atoms with Crippen molar-refractivity contribution in [2.45, 2.75) is 199 Å². The van der Waals surface area contributed by atoms with Crippen molar-refractivity contribution < 1.29 is 82.0 Å². The molecule has 38 heteroatoms. The van der Waals surface area contributed by atoms with E-state index in [0.717, 1.165) is 0 Å². The number of phenolic OH excluding ortho intramolecular Hbond substituents is 2. The summed E-state index contributed by atoms with van der Waals surface area (Å²) in [4.78, 5) is 183. The summed E-state index contributed by atoms with van der Waals surface area (Å²) in [7, 11) is 0. The monoisotopic (exact) mass is 1570 g/mol. The van der Waals surface area contributed by atoms with E-state index in [9.17, 15) is 67.7 Å². The Morgan fingerprint density at radius 2 is 1.21 bits per heavy atom. The van der Waals surface area contributed by atoms with E-state index < -0.39 is 173 Å². The standard InChI is InChI=1S/C73H106N20O17S/c1-10-37(6)58-67(107)90-49(28-36(4)5)64(104)92-52(66(106)87-47(14-12-25-81-70(78)79)62(102)91-51(33-72(7,8)9)65(105)88-48(27-35(2)3)63(103)86-45(59(75)99)21-22-55(74)96)34-83-60(100)50(32-57(98)93-58)89-61(101)46(13-11-24-80-69(76)77)85-56(97)23-26-82-71(111)84-38-15-18-42-41(29-38)68(108)110-73(42)43-19-16-39(94)30-53(43)109-54-31-40(95)17-20-44(54)73/h15-20,29-31,35-37,45-52,58,94-95H,10-14,21-28,32-34H2,1-9H3,(H2,74,96)(H2,75,99)(H,83,100)(H,85,97)(H,86,103)(H,87,106)(H,88,105)(H,89,101)(H,90,107)(H,91,102)(H,92,104)(H,93,98)(H4,76,77,80)(H4,78,79,81)(H2,82,84,111)/t37-,45-,46-,47-,48-,49-,50-,51?,52?,58-/m0/s1. The number of amides is 12. The molecule has 6 rings (SSSR count). The molecule has 2 unspecified atom stereocenters. The van der Waals surface area contributed by atoms with Crippen molar-refractivity contribution in [3.05, 3.63) is 76.9 Å². The van der Waals surface area contributed by atoms with Crippen LogP contribution in [0.2, 0.25) is 0 Å². The number of thiocarbonyl (C=S) groups is 1. The Hall–Kier alpha value is -11.6. The third kappa shape index (κ3) is 26.0. The molecule has 3 heterocycles. The van der Waals surface area contributed by atoms with Gasteiger partial charge in [-0.1, -0.05) is 74.8 Å². The maximum Gasteiger partial charge on any atom is 0.340 e. The van der Waals surface area contributed by atoms with Crippen LogP contribution in [0.3, 0.4) is 0 Å². The highest BCUT2D eigenvalue weighted by molar-refractivity contribution is 7.80. The van der Waals surface area contributed by atoms with Crippen molar-refractivity contribution in [1.82, 2.24) is 69.1 Å². The number of carbonyl (C=O) groups is 13. The van der Waals surface area contributed by atoms with Crippen LogP contribution in [0.1, 0.15) is 166 Å². The number of anilines is 1. The first-order valence-electron chi connectivity index (χ1n) is 36.7. The Morgan fingerprint density at radius 3 is 1.77 bits per heavy atom. The highest BCUT2D eigenvalue weighted by Gasteiger charge is 2.54. The van der Waals surface area contributed by atoms with E-state index in [4.69, 9.17) is 55.4 Å². The number of nitrogens with two attached hydrogens (primary N) is 4. The van der Waals surface area contributed by atoms with Gasteiger partial charge in [-0.25, -0.2) is 4.79 Å². The predicted octanol–water partition coefficient (Wildman–Crippen LogP) is -0.923. The van der Waals surface area contributed by atoms with Gasteiger partial charge < -0.3 is 117 Å². The second kappa shape index (κ2) is 40.2. The average molecular weight is 1570 g/mol. The van der Waals surface area contributed by atoms with Crippen LogP contribution in [0.25, 0.3) is 0 Å². The number of hydrogen-bond acceptors (Lipinski definition) is 20. The molecule has 0 aromatic heterocycles. The van der Waals surface area contributed by atoms with Crippen molar-refractivity contribution in [1.29, 1.82) is 10.8 Å². The first-order chi connectivity index (χ1) is 52.2. The number of rotatable bonds is 34. The molecule has 1 saturated heterocycles. The van der Waals surface area contributed by atoms with Crippen LogP contribution in [-0.4, -0.2) is 185 Å². The molecule has 1 spiro atoms. The number of carbonyl (C=O) groups excluding carboxylic acids is 13. The van der Waals surface area contributed by atoms with Gasteiger partial charge in [0.25, 0.3) is 0 Å². The SMILES string of the molecule is CC[C@H](C)[C@@H]1NC(=O)C[C@H](NC(=O)[C@H](CCCNC(=N)N)NC(=O)CCNC(=S)Nc2ccc3c(c2)C(=O)OC32c3ccc(O)cc3Oc3cc(O)ccc32)C(=O)NCC(C(=O)N[C@@H](CCCNC(=N)N)C(=O)NC(CC(C)(C)C)C(=O)N[C@@H](CC(C)C)C(=O)N[C@@H](CCC(N)=O)C(N)=O)NC(=O)[C@H](CC(C)C)NC1=O. The number of hydrogen-bond donors (Lipinski definition) is 22. The average Bonchev–Trinajstić information content (AvgIpc) is 1.58. The Bertz CT molecular complexity index is 3950. The molecule has 3 aromatic rings. The van der Waals surface area contributed by atoms with E-state index in [2.05, 4.69) is 74.4 Å². The third-order valence-electron chi connectivity index (χ3n) is 18.3. The molecule has 606 valence electrons. The van der Waals surface area contributed by atoms with Gasteiger partial charge in [0, 0.05) is 73.5 Å². The van der Waals surface area contributed by atoms with Crippen molar-refractivity contribution in [3.8, 4) is 23.0 Å². The Labute approximate surface area is 647 Å². The van der Waals surface area contributed by atoms with E-state index in [-0.39, 0.29) is 129 Å². The topological polar surface area (TPSA) is 601 Å². The van der Waals surface area contributed by atoms with Gasteiger partial charge in [0.1, 0.15) is 77.4 Å². The smallest absolute Gasteiger partial charge is 0.340 e. The summed E-state index contributed by atoms with van der Waals surface area (Å²) < 4.78 is 12.2. The molecule has 10 atom stereocenters. The summed E-state index contributed by atoms with van der Waals surface area (Å²) in [6.07, 6.45) is -1.68. The molecule has 0 bridgehead atoms. The summed E-state index contributed by atoms with van der Waals surface area (Å²) in [6.45, 7) is 14.8. The minimum Gasteiger partial charge on any atom is -0.508 e. The third-order valence-corrected chi connectivity index (χ3v) is 18.6. The summed E-state index contributed by atoms with van der Waals surface area (Å²) in [5.74, 6) is -13.5. The van der Waals surface area contributed by atoms with Crippen LogP contribution < -0.4 is 102 Å². The second-order valence-electron chi connectivity index (χ2n) is 29.7. The Morgan fingerprint density at radius 1 is 0.640 bits per heavy atom. The van der Waals surface area contributed by atoms with Crippen molar-refractivity contribution in [2.24, 2.45) is 46.1 Å². The lowest BCUT2D eigenvalue weighted by Gasteiger charge is -2.36. The molecule has 3 aliphatic rings. The van der Waals surface area contributed by atoms with Gasteiger partial charge in [0.05, 0.1) is 12.0 Å². The molecular formula is C73H106N20O17S. The molecule has 0 saturated carbocycles. The van der Waals surface area contributed by atoms with E-state index >= 15 is 4.79 Å². The lowest BCUT2D eigenvalue weighted by molar-refractivity contribution is -0.137. The van der Waals surface area contributed by atoms with Crippen molar-refractivity contribution in [3.63, 3.8) is 0 Å². The summed E-state index contributed by atoms with van der Waals surface area (Å²) >= 11 is 5.58. The summed E-state index contributed by atoms with van der Waals surface area (Å²) in [6, 6.07) is 0.0168. The lowest BCUT2D eigenvalue weighted by atomic mass is 9.77. The number of esters is 1. The molecule has 12 amide bonds. The van der Waals surface area contributed by atoms with Gasteiger partial charge in [-0.3, -0.25) is 68.4 Å². The number of nitrogens with one attached hydrogen (secondary N) is 16. The fourth-order valence-corrected chi connectivity index (χ4v) is 12.9. The number of phenols is 2. The van der Waals surface area contributed by atoms with Gasteiger partial charge in [-0.2, -0.15) is 0 Å². The molecule has 0 aliphatic carbocycles. The van der Waals surface area contributed by atoms with Crippen molar-refractivity contribution in [2.75, 3.05) is 31.5 Å². The maximum atomic E-state index is 15.0. The van der Waals surface area contributed by atoms with Crippen LogP contribution >= 0.6 is 12.2 Å². The highest BCUT2D eigenvalue weighted by atomic mass is 32.1. The van der Waals surface area contributed by atoms with Gasteiger partial charge in [-0.15, -0.1) is 0 Å². The number of aromatic hydroxyl groups is 2. The summed E-state index contributed by atoms with van der Waals surface area (Å²) in [5.41, 5.74) is 21.4. The zero-order valence-electron chi connectivity index (χ0n) is 63.7. The minimum atomic E-state index is -1.84. The maximum absolute atomic E-state index is 15.0. The second-order valence-corrected chi connectivity index (χ2v) is 30.2. The molecule has 3 aromatic carbocycles. The Kier molecular flexibility index (Phi) is 32.0. The molecule has 26 N–H and O–H groups in total. The molecule has 1 fully saturated rings. The van der Waals surface area contributed by atoms with E-state index in [1.165, 1.54) is 30.3 Å². The molecular weight excluding hydrogens is 1460 g/mol. The van der Waals surface area contributed by atoms with Crippen LogP contribution in [-0.2, 0) is 67.9 Å². The summed E-state index contributed by atoms with van der Waals surface area (Å²) in [5, 5.41) is 73.4. The lowest BCUT2D eigenvalue weighted by Crippen LogP contribution is -2.63. The number of guanidine groups is 2. The zero-order chi connectivity index (χ0) is 82.4. The molecule has 3 aliphatic heterocycles. The van der Waals surface area contributed by atoms with Gasteiger partial charge in [-0.05, 0) is 123 Å². The fourth-order valence-electron chi connectivity index (χ4n) is 12.7. The van der Waals surface area contributed by atoms with E-state index in [0.29, 0.717) is 28.8 Å². The molecule has 37 nitrogen and oxygen atoms in total. The number of fused-ring (bicyclic) bond motifs is 6. The van der Waals surface area contributed by atoms with E-state index in [1.807, 2.05) is 0 Å². The zero-order valence-corrected chi connectivity index (χ0v) is 64.5. The normalized spacial score (nSPS) is 18.3. The molecule has 111 heavy (non-hydrogen) atoms. The first kappa shape index (κ1) is 88.3. The van der Waals surface area contributed by atoms with Crippen LogP contribution in [0.15, 0.2) is 54.6 Å². The number of primary amides is 2. The first-order valence-corrected chi connectivity index (χ1v) is 37.1. The quantitative estimate of drug-likeness (QED) is 0.0113. The van der Waals surface area contributed by atoms with Gasteiger partial charge >= 0.3 is 5.97 Å². The van der Waals surface area contributed by atoms with Crippen LogP contribution in [0.4, 0.5) is 5.69 Å². The van der Waals surface area contributed by atoms with Crippen LogP contribution in [0.5, 0.6) is 23.0 Å². The largest absolute Gasteiger partial charge is 0.508 e. The number of benzene rings is 3. The van der Waals surface area contributed by atoms with Gasteiger partial charge in [0.15, 0.2) is 22.6 Å². The van der Waals surface area contributed by atoms with Crippen LogP contribution in [0, 0.1) is 34.0 Å². The molecule has 0 radical (unpaired) electrons. The highest BCUT2D eigenvalue weighted by Crippen LogP contribution is 2.57. The van der Waals surface area contributed by atoms with E-state index in [1.54, 1.807) is 86.6 Å². The minimum absolute atomic E-state index is 0.00497. The van der Waals surface area contributed by atoms with Gasteiger partial charge in [0.2, 0.25) is 70.9 Å². The number of ether oxygens (including phenoxy) is 2.